The second-order valence-corrected chi connectivity index (χ2v) is 6.76. The second kappa shape index (κ2) is 6.00. The minimum Gasteiger partial charge on any atom is -0.372 e. The highest BCUT2D eigenvalue weighted by atomic mass is 16.5. The third-order valence-electron chi connectivity index (χ3n) is 4.92. The van der Waals surface area contributed by atoms with Gasteiger partial charge in [-0.05, 0) is 51.7 Å². The first kappa shape index (κ1) is 14.3. The third-order valence-corrected chi connectivity index (χ3v) is 4.92. The molecule has 3 aliphatic rings. The molecule has 114 valence electrons. The number of ether oxygens (including phenoxy) is 1. The SMILES string of the molecule is CC1CN(C(=O)CN2CCC3CNCC3C2)CC(C)O1. The number of amides is 1. The van der Waals surface area contributed by atoms with Crippen molar-refractivity contribution in [2.75, 3.05) is 45.8 Å². The van der Waals surface area contributed by atoms with Gasteiger partial charge in [0, 0.05) is 19.6 Å². The number of hydrogen-bond donors (Lipinski definition) is 1. The van der Waals surface area contributed by atoms with Gasteiger partial charge in [-0.1, -0.05) is 0 Å². The summed E-state index contributed by atoms with van der Waals surface area (Å²) in [5.41, 5.74) is 0. The topological polar surface area (TPSA) is 44.8 Å². The van der Waals surface area contributed by atoms with Gasteiger partial charge < -0.3 is 15.0 Å². The summed E-state index contributed by atoms with van der Waals surface area (Å²) in [6, 6.07) is 0. The van der Waals surface area contributed by atoms with E-state index in [1.54, 1.807) is 0 Å². The molecule has 4 unspecified atom stereocenters. The van der Waals surface area contributed by atoms with Crippen LogP contribution >= 0.6 is 0 Å². The molecule has 1 amide bonds. The summed E-state index contributed by atoms with van der Waals surface area (Å²) in [6.45, 7) is 10.6. The number of carbonyl (C=O) groups excluding carboxylic acids is 1. The molecule has 0 aromatic carbocycles. The van der Waals surface area contributed by atoms with Gasteiger partial charge in [-0.2, -0.15) is 0 Å². The molecular weight excluding hydrogens is 254 g/mol. The first-order chi connectivity index (χ1) is 9.61. The molecule has 3 fully saturated rings. The van der Waals surface area contributed by atoms with Crippen LogP contribution in [0.25, 0.3) is 0 Å². The van der Waals surface area contributed by atoms with E-state index in [0.29, 0.717) is 6.54 Å². The Morgan fingerprint density at radius 1 is 1.15 bits per heavy atom. The third kappa shape index (κ3) is 3.15. The number of piperidine rings is 1. The minimum atomic E-state index is 0.160. The number of rotatable bonds is 2. The Morgan fingerprint density at radius 3 is 2.60 bits per heavy atom. The highest BCUT2D eigenvalue weighted by molar-refractivity contribution is 5.78. The fraction of sp³-hybridized carbons (Fsp3) is 0.933. The first-order valence-electron chi connectivity index (χ1n) is 7.98. The molecule has 0 aromatic heterocycles. The van der Waals surface area contributed by atoms with E-state index in [0.717, 1.165) is 44.6 Å². The maximum atomic E-state index is 12.5. The molecule has 0 aliphatic carbocycles. The first-order valence-corrected chi connectivity index (χ1v) is 7.98. The zero-order valence-electron chi connectivity index (χ0n) is 12.7. The van der Waals surface area contributed by atoms with E-state index >= 15 is 0 Å². The van der Waals surface area contributed by atoms with Gasteiger partial charge in [-0.15, -0.1) is 0 Å². The minimum absolute atomic E-state index is 0.160. The Bertz CT molecular complexity index is 353. The fourth-order valence-corrected chi connectivity index (χ4v) is 3.93. The van der Waals surface area contributed by atoms with Crippen LogP contribution in [0, 0.1) is 11.8 Å². The van der Waals surface area contributed by atoms with E-state index in [1.807, 2.05) is 18.7 Å². The van der Waals surface area contributed by atoms with Crippen LogP contribution in [-0.4, -0.2) is 73.7 Å². The number of hydrogen-bond acceptors (Lipinski definition) is 4. The number of likely N-dealkylation sites (tertiary alicyclic amines) is 1. The molecule has 3 aliphatic heterocycles. The van der Waals surface area contributed by atoms with Crippen molar-refractivity contribution in [1.29, 1.82) is 0 Å². The molecule has 1 N–H and O–H groups in total. The molecule has 4 atom stereocenters. The Morgan fingerprint density at radius 2 is 1.85 bits per heavy atom. The van der Waals surface area contributed by atoms with Crippen molar-refractivity contribution < 1.29 is 9.53 Å². The Labute approximate surface area is 121 Å². The van der Waals surface area contributed by atoms with E-state index in [2.05, 4.69) is 10.2 Å². The summed E-state index contributed by atoms with van der Waals surface area (Å²) in [7, 11) is 0. The van der Waals surface area contributed by atoms with Crippen LogP contribution in [0.5, 0.6) is 0 Å². The summed E-state index contributed by atoms with van der Waals surface area (Å²) in [4.78, 5) is 16.8. The van der Waals surface area contributed by atoms with Crippen molar-refractivity contribution in [2.24, 2.45) is 11.8 Å². The molecule has 0 radical (unpaired) electrons. The van der Waals surface area contributed by atoms with E-state index in [1.165, 1.54) is 13.0 Å². The lowest BCUT2D eigenvalue weighted by Gasteiger charge is -2.38. The van der Waals surface area contributed by atoms with Crippen molar-refractivity contribution in [3.05, 3.63) is 0 Å². The van der Waals surface area contributed by atoms with E-state index in [4.69, 9.17) is 4.74 Å². The lowest BCUT2D eigenvalue weighted by molar-refractivity contribution is -0.144. The maximum Gasteiger partial charge on any atom is 0.236 e. The monoisotopic (exact) mass is 281 g/mol. The van der Waals surface area contributed by atoms with Gasteiger partial charge in [-0.3, -0.25) is 9.69 Å². The van der Waals surface area contributed by atoms with Gasteiger partial charge in [0.15, 0.2) is 0 Å². The molecule has 0 spiro atoms. The molecule has 0 bridgehead atoms. The van der Waals surface area contributed by atoms with Crippen LogP contribution in [0.2, 0.25) is 0 Å². The average Bonchev–Trinajstić information content (AvgIpc) is 2.85. The lowest BCUT2D eigenvalue weighted by Crippen LogP contribution is -2.52. The molecule has 0 aromatic rings. The van der Waals surface area contributed by atoms with Crippen molar-refractivity contribution in [3.8, 4) is 0 Å². The smallest absolute Gasteiger partial charge is 0.236 e. The number of nitrogens with one attached hydrogen (secondary N) is 1. The van der Waals surface area contributed by atoms with Crippen LogP contribution in [0.3, 0.4) is 0 Å². The van der Waals surface area contributed by atoms with Crippen molar-refractivity contribution in [2.45, 2.75) is 32.5 Å². The van der Waals surface area contributed by atoms with Crippen LogP contribution in [0.4, 0.5) is 0 Å². The van der Waals surface area contributed by atoms with E-state index < -0.39 is 0 Å². The van der Waals surface area contributed by atoms with Crippen molar-refractivity contribution >= 4 is 5.91 Å². The van der Waals surface area contributed by atoms with Gasteiger partial charge in [0.1, 0.15) is 0 Å². The highest BCUT2D eigenvalue weighted by Crippen LogP contribution is 2.26. The Kier molecular flexibility index (Phi) is 4.29. The Balaban J connectivity index is 1.51. The van der Waals surface area contributed by atoms with E-state index in [9.17, 15) is 4.79 Å². The van der Waals surface area contributed by atoms with Gasteiger partial charge in [0.2, 0.25) is 5.91 Å². The average molecular weight is 281 g/mol. The zero-order chi connectivity index (χ0) is 14.1. The van der Waals surface area contributed by atoms with E-state index in [-0.39, 0.29) is 18.1 Å². The largest absolute Gasteiger partial charge is 0.372 e. The molecule has 5 heteroatoms. The number of carbonyl (C=O) groups is 1. The highest BCUT2D eigenvalue weighted by Gasteiger charge is 2.34. The lowest BCUT2D eigenvalue weighted by atomic mass is 9.89. The Hall–Kier alpha value is -0.650. The normalized spacial score (nSPS) is 38.8. The van der Waals surface area contributed by atoms with Gasteiger partial charge in [0.05, 0.1) is 18.8 Å². The predicted octanol–water partition coefficient (Wildman–Crippen LogP) is 0.164. The molecule has 5 nitrogen and oxygen atoms in total. The van der Waals surface area contributed by atoms with Gasteiger partial charge in [0.25, 0.3) is 0 Å². The summed E-state index contributed by atoms with van der Waals surface area (Å²) < 4.78 is 5.70. The molecule has 3 heterocycles. The van der Waals surface area contributed by atoms with Crippen molar-refractivity contribution in [1.82, 2.24) is 15.1 Å². The molecule has 0 saturated carbocycles. The molecule has 20 heavy (non-hydrogen) atoms. The van der Waals surface area contributed by atoms with Gasteiger partial charge >= 0.3 is 0 Å². The standard InChI is InChI=1S/C15H27N3O2/c1-11-7-18(8-12(2)20-11)15(19)10-17-4-3-13-5-16-6-14(13)9-17/h11-14,16H,3-10H2,1-2H3. The maximum absolute atomic E-state index is 12.5. The van der Waals surface area contributed by atoms with Crippen LogP contribution < -0.4 is 5.32 Å². The number of nitrogens with zero attached hydrogens (tertiary/aromatic N) is 2. The fourth-order valence-electron chi connectivity index (χ4n) is 3.93. The zero-order valence-corrected chi connectivity index (χ0v) is 12.7. The number of morpholine rings is 1. The van der Waals surface area contributed by atoms with Crippen LogP contribution in [0.15, 0.2) is 0 Å². The molecule has 3 rings (SSSR count). The quantitative estimate of drug-likeness (QED) is 0.783. The van der Waals surface area contributed by atoms with Gasteiger partial charge in [-0.25, -0.2) is 0 Å². The summed E-state index contributed by atoms with van der Waals surface area (Å²) in [6.07, 6.45) is 1.56. The second-order valence-electron chi connectivity index (χ2n) is 6.76. The molecule has 3 saturated heterocycles. The van der Waals surface area contributed by atoms with Crippen LogP contribution in [-0.2, 0) is 9.53 Å². The summed E-state index contributed by atoms with van der Waals surface area (Å²) in [5, 5.41) is 3.47. The number of fused-ring (bicyclic) bond motifs is 1. The molecular formula is C15H27N3O2. The predicted molar refractivity (Wildman–Crippen MR) is 77.5 cm³/mol. The summed E-state index contributed by atoms with van der Waals surface area (Å²) >= 11 is 0. The van der Waals surface area contributed by atoms with Crippen molar-refractivity contribution in [3.63, 3.8) is 0 Å². The van der Waals surface area contributed by atoms with Crippen LogP contribution in [0.1, 0.15) is 20.3 Å². The summed E-state index contributed by atoms with van der Waals surface area (Å²) in [5.74, 6) is 1.86.